The molecule has 4 nitrogen and oxygen atoms in total. The summed E-state index contributed by atoms with van der Waals surface area (Å²) in [5.41, 5.74) is 2.38. The third kappa shape index (κ3) is 5.97. The molecule has 0 aromatic heterocycles. The smallest absolute Gasteiger partial charge is 0.224 e. The lowest BCUT2D eigenvalue weighted by Gasteiger charge is -2.34. The van der Waals surface area contributed by atoms with Crippen molar-refractivity contribution in [1.82, 2.24) is 9.80 Å². The molecule has 1 heterocycles. The molecule has 0 radical (unpaired) electrons. The number of hydrogen-bond donors (Lipinski definition) is 0. The first-order valence-electron chi connectivity index (χ1n) is 9.70. The van der Waals surface area contributed by atoms with E-state index in [0.29, 0.717) is 6.42 Å². The van der Waals surface area contributed by atoms with Gasteiger partial charge in [0.2, 0.25) is 5.91 Å². The zero-order chi connectivity index (χ0) is 18.9. The van der Waals surface area contributed by atoms with Crippen LogP contribution in [0.1, 0.15) is 12.0 Å². The maximum Gasteiger partial charge on any atom is 0.224 e. The lowest BCUT2D eigenvalue weighted by molar-refractivity contribution is -0.132. The molecule has 142 valence electrons. The molecular weight excluding hydrogens is 334 g/mol. The number of piperazine rings is 1. The Bertz CT molecular complexity index is 722. The Morgan fingerprint density at radius 3 is 2.26 bits per heavy atom. The highest BCUT2D eigenvalue weighted by molar-refractivity contribution is 5.77. The minimum Gasteiger partial charge on any atom is -0.374 e. The van der Waals surface area contributed by atoms with Crippen molar-refractivity contribution in [2.45, 2.75) is 6.42 Å². The third-order valence-corrected chi connectivity index (χ3v) is 5.06. The number of nitrogens with zero attached hydrogens (tertiary/aromatic N) is 3. The lowest BCUT2D eigenvalue weighted by Crippen LogP contribution is -2.49. The van der Waals surface area contributed by atoms with Gasteiger partial charge < -0.3 is 9.80 Å². The summed E-state index contributed by atoms with van der Waals surface area (Å²) in [6.45, 7) is 5.23. The van der Waals surface area contributed by atoms with E-state index >= 15 is 0 Å². The third-order valence-electron chi connectivity index (χ3n) is 5.06. The van der Waals surface area contributed by atoms with E-state index in [1.807, 2.05) is 36.2 Å². The number of carbonyl (C=O) groups is 1. The van der Waals surface area contributed by atoms with E-state index in [9.17, 15) is 4.79 Å². The van der Waals surface area contributed by atoms with Gasteiger partial charge in [0.05, 0.1) is 0 Å². The van der Waals surface area contributed by atoms with E-state index in [1.54, 1.807) is 0 Å². The maximum absolute atomic E-state index is 12.5. The average Bonchev–Trinajstić information content (AvgIpc) is 2.73. The fraction of sp³-hybridized carbons (Fsp3) is 0.348. The molecule has 27 heavy (non-hydrogen) atoms. The van der Waals surface area contributed by atoms with Crippen LogP contribution in [-0.2, 0) is 4.79 Å². The van der Waals surface area contributed by atoms with Gasteiger partial charge in [-0.25, -0.2) is 0 Å². The van der Waals surface area contributed by atoms with Crippen LogP contribution in [0.3, 0.4) is 0 Å². The molecule has 4 heteroatoms. The van der Waals surface area contributed by atoms with Crippen molar-refractivity contribution in [3.8, 4) is 0 Å². The van der Waals surface area contributed by atoms with E-state index in [2.05, 4.69) is 58.4 Å². The number of hydrogen-bond acceptors (Lipinski definition) is 3. The molecule has 0 spiro atoms. The minimum atomic E-state index is 0.261. The van der Waals surface area contributed by atoms with Crippen molar-refractivity contribution in [3.05, 3.63) is 72.3 Å². The molecule has 3 rings (SSSR count). The second-order valence-corrected chi connectivity index (χ2v) is 7.00. The van der Waals surface area contributed by atoms with Crippen molar-refractivity contribution in [1.29, 1.82) is 0 Å². The summed E-state index contributed by atoms with van der Waals surface area (Å²) >= 11 is 0. The maximum atomic E-state index is 12.5. The Morgan fingerprint density at radius 2 is 1.59 bits per heavy atom. The molecule has 1 amide bonds. The molecule has 1 aliphatic rings. The van der Waals surface area contributed by atoms with Crippen molar-refractivity contribution in [3.63, 3.8) is 0 Å². The van der Waals surface area contributed by atoms with E-state index in [4.69, 9.17) is 0 Å². The van der Waals surface area contributed by atoms with E-state index < -0.39 is 0 Å². The number of amides is 1. The highest BCUT2D eigenvalue weighted by Crippen LogP contribution is 2.12. The van der Waals surface area contributed by atoms with Crippen molar-refractivity contribution >= 4 is 17.7 Å². The summed E-state index contributed by atoms with van der Waals surface area (Å²) in [7, 11) is 2.04. The first-order chi connectivity index (χ1) is 13.2. The summed E-state index contributed by atoms with van der Waals surface area (Å²) in [6, 6.07) is 20.6. The number of rotatable bonds is 7. The average molecular weight is 364 g/mol. The van der Waals surface area contributed by atoms with Gasteiger partial charge in [0.1, 0.15) is 0 Å². The Hall–Kier alpha value is -2.59. The summed E-state index contributed by atoms with van der Waals surface area (Å²) in [5, 5.41) is 0. The number of para-hydroxylation sites is 1. The lowest BCUT2D eigenvalue weighted by atomic mass is 10.2. The predicted octanol–water partition coefficient (Wildman–Crippen LogP) is 3.37. The molecular formula is C23H29N3O. The monoisotopic (exact) mass is 363 g/mol. The second-order valence-electron chi connectivity index (χ2n) is 7.00. The van der Waals surface area contributed by atoms with E-state index in [1.165, 1.54) is 5.56 Å². The Kier molecular flexibility index (Phi) is 7.05. The van der Waals surface area contributed by atoms with Crippen LogP contribution >= 0.6 is 0 Å². The van der Waals surface area contributed by atoms with Gasteiger partial charge in [0, 0.05) is 58.4 Å². The molecule has 0 aliphatic carbocycles. The molecule has 2 aromatic carbocycles. The van der Waals surface area contributed by atoms with Gasteiger partial charge in [-0.2, -0.15) is 0 Å². The van der Waals surface area contributed by atoms with Crippen molar-refractivity contribution in [2.24, 2.45) is 0 Å². The van der Waals surface area contributed by atoms with Crippen LogP contribution in [0, 0.1) is 0 Å². The molecule has 2 aromatic rings. The first kappa shape index (κ1) is 19.2. The van der Waals surface area contributed by atoms with E-state index in [-0.39, 0.29) is 5.91 Å². The van der Waals surface area contributed by atoms with Gasteiger partial charge >= 0.3 is 0 Å². The summed E-state index contributed by atoms with van der Waals surface area (Å²) < 4.78 is 0. The van der Waals surface area contributed by atoms with Crippen LogP contribution in [0.2, 0.25) is 0 Å². The van der Waals surface area contributed by atoms with Crippen molar-refractivity contribution in [2.75, 3.05) is 51.2 Å². The molecule has 0 atom stereocenters. The Morgan fingerprint density at radius 1 is 0.963 bits per heavy atom. The van der Waals surface area contributed by atoms with Gasteiger partial charge in [-0.15, -0.1) is 0 Å². The van der Waals surface area contributed by atoms with Gasteiger partial charge in [-0.3, -0.25) is 9.69 Å². The zero-order valence-corrected chi connectivity index (χ0v) is 16.1. The molecule has 0 bridgehead atoms. The largest absolute Gasteiger partial charge is 0.374 e. The van der Waals surface area contributed by atoms with Crippen LogP contribution in [0.5, 0.6) is 0 Å². The quantitative estimate of drug-likeness (QED) is 0.755. The molecule has 1 fully saturated rings. The zero-order valence-electron chi connectivity index (χ0n) is 16.1. The minimum absolute atomic E-state index is 0.261. The van der Waals surface area contributed by atoms with Crippen LogP contribution in [0.15, 0.2) is 66.7 Å². The van der Waals surface area contributed by atoms with Gasteiger partial charge in [0.15, 0.2) is 0 Å². The standard InChI is InChI=1S/C23H29N3O/c1-24(22-12-6-3-7-13-22)16-14-23(27)26-19-17-25(18-20-26)15-8-11-21-9-4-2-5-10-21/h2-13H,14-20H2,1H3/b11-8+. The van der Waals surface area contributed by atoms with Gasteiger partial charge in [-0.1, -0.05) is 60.7 Å². The molecule has 0 N–H and O–H groups in total. The molecule has 1 saturated heterocycles. The van der Waals surface area contributed by atoms with Crippen molar-refractivity contribution < 1.29 is 4.79 Å². The first-order valence-corrected chi connectivity index (χ1v) is 9.70. The SMILES string of the molecule is CN(CCC(=O)N1CCN(C/C=C/c2ccccc2)CC1)c1ccccc1. The molecule has 1 aliphatic heterocycles. The summed E-state index contributed by atoms with van der Waals surface area (Å²) in [6.07, 6.45) is 4.94. The fourth-order valence-electron chi connectivity index (χ4n) is 3.31. The molecule has 0 saturated carbocycles. The number of anilines is 1. The van der Waals surface area contributed by atoms with Gasteiger partial charge in [-0.05, 0) is 17.7 Å². The Labute approximate surface area is 162 Å². The van der Waals surface area contributed by atoms with Gasteiger partial charge in [0.25, 0.3) is 0 Å². The van der Waals surface area contributed by atoms with Crippen LogP contribution in [0.25, 0.3) is 6.08 Å². The number of benzene rings is 2. The van der Waals surface area contributed by atoms with Crippen LogP contribution < -0.4 is 4.90 Å². The topological polar surface area (TPSA) is 26.8 Å². The second kappa shape index (κ2) is 9.93. The fourth-order valence-corrected chi connectivity index (χ4v) is 3.31. The molecule has 0 unspecified atom stereocenters. The highest BCUT2D eigenvalue weighted by atomic mass is 16.2. The summed E-state index contributed by atoms with van der Waals surface area (Å²) in [5.74, 6) is 0.261. The highest BCUT2D eigenvalue weighted by Gasteiger charge is 2.20. The Balaban J connectivity index is 1.37. The van der Waals surface area contributed by atoms with Crippen LogP contribution in [0.4, 0.5) is 5.69 Å². The number of carbonyl (C=O) groups excluding carboxylic acids is 1. The van der Waals surface area contributed by atoms with Crippen LogP contribution in [-0.4, -0.2) is 62.0 Å². The van der Waals surface area contributed by atoms with E-state index in [0.717, 1.165) is 45.0 Å². The summed E-state index contributed by atoms with van der Waals surface area (Å²) in [4.78, 5) is 19.1. The normalized spacial score (nSPS) is 15.2. The predicted molar refractivity (Wildman–Crippen MR) is 113 cm³/mol.